The fourth-order valence-corrected chi connectivity index (χ4v) is 2.04. The predicted molar refractivity (Wildman–Crippen MR) is 69.8 cm³/mol. The first kappa shape index (κ1) is 12.5. The summed E-state index contributed by atoms with van der Waals surface area (Å²) in [6.07, 6.45) is 3.25. The van der Waals surface area contributed by atoms with Crippen LogP contribution in [0.25, 0.3) is 0 Å². The van der Waals surface area contributed by atoms with E-state index in [0.29, 0.717) is 11.8 Å². The zero-order valence-electron chi connectivity index (χ0n) is 11.3. The third-order valence-corrected chi connectivity index (χ3v) is 3.41. The van der Waals surface area contributed by atoms with Crippen molar-refractivity contribution < 1.29 is 0 Å². The number of nitrogens with one attached hydrogen (secondary N) is 1. The zero-order chi connectivity index (χ0) is 12.4. The van der Waals surface area contributed by atoms with E-state index in [1.54, 1.807) is 0 Å². The van der Waals surface area contributed by atoms with Gasteiger partial charge in [0.1, 0.15) is 5.82 Å². The average Bonchev–Trinajstić information content (AvgIpc) is 2.97. The van der Waals surface area contributed by atoms with Gasteiger partial charge in [-0.05, 0) is 31.7 Å². The molecule has 1 N–H and O–H groups in total. The highest BCUT2D eigenvalue weighted by Crippen LogP contribution is 2.45. The Hall–Kier alpha value is -0.960. The summed E-state index contributed by atoms with van der Waals surface area (Å²) in [6, 6.07) is 0. The monoisotopic (exact) mass is 233 g/mol. The molecule has 1 aromatic rings. The molecule has 3 nitrogen and oxygen atoms in total. The van der Waals surface area contributed by atoms with Gasteiger partial charge in [0.2, 0.25) is 0 Å². The first-order chi connectivity index (χ1) is 8.08. The normalized spacial score (nSPS) is 23.1. The fourth-order valence-electron chi connectivity index (χ4n) is 2.04. The second-order valence-electron chi connectivity index (χ2n) is 5.68. The van der Waals surface area contributed by atoms with Crippen LogP contribution in [0.15, 0.2) is 6.20 Å². The summed E-state index contributed by atoms with van der Waals surface area (Å²) in [4.78, 5) is 9.13. The maximum atomic E-state index is 4.63. The summed E-state index contributed by atoms with van der Waals surface area (Å²) in [6.45, 7) is 10.7. The van der Waals surface area contributed by atoms with Gasteiger partial charge in [-0.2, -0.15) is 0 Å². The number of aromatic nitrogens is 2. The molecule has 0 aromatic carbocycles. The van der Waals surface area contributed by atoms with E-state index < -0.39 is 0 Å². The molecule has 0 spiro atoms. The van der Waals surface area contributed by atoms with Gasteiger partial charge in [-0.25, -0.2) is 9.97 Å². The molecule has 1 heterocycles. The Morgan fingerprint density at radius 2 is 2.18 bits per heavy atom. The van der Waals surface area contributed by atoms with Gasteiger partial charge >= 0.3 is 0 Å². The van der Waals surface area contributed by atoms with Crippen LogP contribution in [-0.4, -0.2) is 16.5 Å². The van der Waals surface area contributed by atoms with Crippen LogP contribution in [0.4, 0.5) is 0 Å². The molecule has 2 unspecified atom stereocenters. The van der Waals surface area contributed by atoms with E-state index in [1.165, 1.54) is 12.0 Å². The van der Waals surface area contributed by atoms with E-state index in [4.69, 9.17) is 0 Å². The van der Waals surface area contributed by atoms with E-state index in [0.717, 1.165) is 30.5 Å². The first-order valence-corrected chi connectivity index (χ1v) is 6.61. The summed E-state index contributed by atoms with van der Waals surface area (Å²) in [5.41, 5.74) is 2.35. The van der Waals surface area contributed by atoms with Gasteiger partial charge in [-0.1, -0.05) is 20.8 Å². The molecule has 0 bridgehead atoms. The fraction of sp³-hybridized carbons (Fsp3) is 0.714. The maximum Gasteiger partial charge on any atom is 0.131 e. The van der Waals surface area contributed by atoms with Crippen molar-refractivity contribution in [3.05, 3.63) is 23.3 Å². The molecule has 1 saturated carbocycles. The molecular weight excluding hydrogens is 210 g/mol. The summed E-state index contributed by atoms with van der Waals surface area (Å²) in [5.74, 6) is 3.12. The Morgan fingerprint density at radius 3 is 2.71 bits per heavy atom. The molecule has 1 aliphatic carbocycles. The molecule has 1 aromatic heterocycles. The van der Waals surface area contributed by atoms with E-state index in [-0.39, 0.29) is 0 Å². The Labute approximate surface area is 104 Å². The third-order valence-electron chi connectivity index (χ3n) is 3.41. The van der Waals surface area contributed by atoms with Crippen LogP contribution in [0, 0.1) is 18.8 Å². The van der Waals surface area contributed by atoms with Gasteiger partial charge in [0, 0.05) is 29.9 Å². The number of aryl methyl sites for hydroxylation is 1. The lowest BCUT2D eigenvalue weighted by molar-refractivity contribution is 0.549. The number of nitrogens with zero attached hydrogens (tertiary/aromatic N) is 2. The standard InChI is InChI=1S/C14H23N3/c1-9(2)6-15-7-12-8-16-14(17-11(12)4)13-5-10(13)3/h8-10,13,15H,5-7H2,1-4H3. The van der Waals surface area contributed by atoms with Gasteiger partial charge in [0.25, 0.3) is 0 Å². The van der Waals surface area contributed by atoms with Crippen LogP contribution >= 0.6 is 0 Å². The highest BCUT2D eigenvalue weighted by atomic mass is 14.9. The van der Waals surface area contributed by atoms with Crippen molar-refractivity contribution >= 4 is 0 Å². The second-order valence-corrected chi connectivity index (χ2v) is 5.68. The number of hydrogen-bond acceptors (Lipinski definition) is 3. The molecule has 3 heteroatoms. The van der Waals surface area contributed by atoms with Crippen molar-refractivity contribution in [1.82, 2.24) is 15.3 Å². The molecular formula is C14H23N3. The molecule has 94 valence electrons. The highest BCUT2D eigenvalue weighted by Gasteiger charge is 2.36. The topological polar surface area (TPSA) is 37.8 Å². The molecule has 0 aliphatic heterocycles. The highest BCUT2D eigenvalue weighted by molar-refractivity contribution is 5.19. The Morgan fingerprint density at radius 1 is 1.47 bits per heavy atom. The van der Waals surface area contributed by atoms with Gasteiger partial charge < -0.3 is 5.32 Å². The van der Waals surface area contributed by atoms with E-state index in [9.17, 15) is 0 Å². The quantitative estimate of drug-likeness (QED) is 0.849. The second kappa shape index (κ2) is 5.13. The van der Waals surface area contributed by atoms with Crippen molar-refractivity contribution in [1.29, 1.82) is 0 Å². The van der Waals surface area contributed by atoms with Crippen molar-refractivity contribution in [2.45, 2.75) is 46.6 Å². The van der Waals surface area contributed by atoms with Crippen molar-refractivity contribution in [3.8, 4) is 0 Å². The van der Waals surface area contributed by atoms with Gasteiger partial charge in [0.15, 0.2) is 0 Å². The van der Waals surface area contributed by atoms with E-state index >= 15 is 0 Å². The van der Waals surface area contributed by atoms with Crippen LogP contribution < -0.4 is 5.32 Å². The summed E-state index contributed by atoms with van der Waals surface area (Å²) >= 11 is 0. The molecule has 17 heavy (non-hydrogen) atoms. The van der Waals surface area contributed by atoms with Crippen molar-refractivity contribution in [3.63, 3.8) is 0 Å². The largest absolute Gasteiger partial charge is 0.312 e. The Bertz CT molecular complexity index is 387. The van der Waals surface area contributed by atoms with Crippen LogP contribution in [0.5, 0.6) is 0 Å². The van der Waals surface area contributed by atoms with Crippen LogP contribution in [0.3, 0.4) is 0 Å². The van der Waals surface area contributed by atoms with Crippen LogP contribution in [-0.2, 0) is 6.54 Å². The van der Waals surface area contributed by atoms with Crippen LogP contribution in [0.2, 0.25) is 0 Å². The van der Waals surface area contributed by atoms with Crippen LogP contribution in [0.1, 0.15) is 50.2 Å². The lowest BCUT2D eigenvalue weighted by atomic mass is 10.2. The van der Waals surface area contributed by atoms with E-state index in [1.807, 2.05) is 6.20 Å². The van der Waals surface area contributed by atoms with Gasteiger partial charge in [0.05, 0.1) is 0 Å². The Kier molecular flexibility index (Phi) is 3.77. The van der Waals surface area contributed by atoms with Crippen molar-refractivity contribution in [2.75, 3.05) is 6.54 Å². The third kappa shape index (κ3) is 3.25. The molecule has 0 radical (unpaired) electrons. The minimum atomic E-state index is 0.617. The van der Waals surface area contributed by atoms with E-state index in [2.05, 4.69) is 43.0 Å². The lowest BCUT2D eigenvalue weighted by Crippen LogP contribution is -2.20. The minimum Gasteiger partial charge on any atom is -0.312 e. The maximum absolute atomic E-state index is 4.63. The van der Waals surface area contributed by atoms with Crippen molar-refractivity contribution in [2.24, 2.45) is 11.8 Å². The average molecular weight is 233 g/mol. The Balaban J connectivity index is 1.94. The molecule has 2 atom stereocenters. The minimum absolute atomic E-state index is 0.617. The van der Waals surface area contributed by atoms with Gasteiger partial charge in [-0.3, -0.25) is 0 Å². The number of hydrogen-bond donors (Lipinski definition) is 1. The van der Waals surface area contributed by atoms with Gasteiger partial charge in [-0.15, -0.1) is 0 Å². The summed E-state index contributed by atoms with van der Waals surface area (Å²) < 4.78 is 0. The molecule has 0 saturated heterocycles. The molecule has 1 fully saturated rings. The number of rotatable bonds is 5. The first-order valence-electron chi connectivity index (χ1n) is 6.61. The lowest BCUT2D eigenvalue weighted by Gasteiger charge is -2.09. The SMILES string of the molecule is Cc1nc(C2CC2C)ncc1CNCC(C)C. The molecule has 0 amide bonds. The zero-order valence-corrected chi connectivity index (χ0v) is 11.3. The molecule has 2 rings (SSSR count). The molecule has 1 aliphatic rings. The summed E-state index contributed by atoms with van der Waals surface area (Å²) in [5, 5.41) is 3.44. The summed E-state index contributed by atoms with van der Waals surface area (Å²) in [7, 11) is 0. The smallest absolute Gasteiger partial charge is 0.131 e. The predicted octanol–water partition coefficient (Wildman–Crippen LogP) is 2.65.